The van der Waals surface area contributed by atoms with Crippen LogP contribution in [0.3, 0.4) is 0 Å². The minimum atomic E-state index is -0.909. The fourth-order valence-corrected chi connectivity index (χ4v) is 2.93. The van der Waals surface area contributed by atoms with E-state index in [9.17, 15) is 9.59 Å². The molecular weight excluding hydrogens is 425 g/mol. The van der Waals surface area contributed by atoms with Crippen LogP contribution < -0.4 is 10.1 Å². The topological polar surface area (TPSA) is 64.6 Å². The molecule has 1 N–H and O–H groups in total. The molecule has 150 valence electrons. The second-order valence-corrected chi connectivity index (χ2v) is 7.73. The summed E-state index contributed by atoms with van der Waals surface area (Å²) in [4.78, 5) is 24.7. The zero-order chi connectivity index (χ0) is 20.7. The molecule has 5 nitrogen and oxygen atoms in total. The summed E-state index contributed by atoms with van der Waals surface area (Å²) in [6.07, 6.45) is -0.357. The van der Waals surface area contributed by atoms with Crippen molar-refractivity contribution in [2.45, 2.75) is 32.9 Å². The van der Waals surface area contributed by atoms with Crippen molar-refractivity contribution in [1.82, 2.24) is 5.32 Å². The Bertz CT molecular complexity index is 828. The Morgan fingerprint density at radius 2 is 1.64 bits per heavy atom. The maximum atomic E-state index is 12.6. The van der Waals surface area contributed by atoms with Crippen LogP contribution in [0.4, 0.5) is 4.79 Å². The first-order chi connectivity index (χ1) is 13.3. The van der Waals surface area contributed by atoms with Crippen molar-refractivity contribution in [1.29, 1.82) is 0 Å². The lowest BCUT2D eigenvalue weighted by Crippen LogP contribution is -2.44. The van der Waals surface area contributed by atoms with Crippen LogP contribution in [0, 0.1) is 5.92 Å². The molecule has 0 fully saturated rings. The highest BCUT2D eigenvalue weighted by atomic mass is 35.5. The van der Waals surface area contributed by atoms with E-state index in [2.05, 4.69) is 5.32 Å². The Morgan fingerprint density at radius 1 is 1.00 bits per heavy atom. The molecule has 1 atom stereocenters. The highest BCUT2D eigenvalue weighted by molar-refractivity contribution is 6.43. The molecule has 0 radical (unpaired) electrons. The van der Waals surface area contributed by atoms with Crippen molar-refractivity contribution >= 4 is 46.9 Å². The number of ether oxygens (including phenoxy) is 2. The van der Waals surface area contributed by atoms with E-state index in [4.69, 9.17) is 44.3 Å². The number of halogens is 3. The van der Waals surface area contributed by atoms with Crippen molar-refractivity contribution in [3.8, 4) is 5.75 Å². The Hall–Kier alpha value is -1.95. The van der Waals surface area contributed by atoms with E-state index in [1.54, 1.807) is 0 Å². The third-order valence-corrected chi connectivity index (χ3v) is 4.70. The average Bonchev–Trinajstić information content (AvgIpc) is 2.64. The molecule has 0 unspecified atom stereocenters. The molecule has 2 aromatic carbocycles. The summed E-state index contributed by atoms with van der Waals surface area (Å²) in [5.41, 5.74) is 0.836. The van der Waals surface area contributed by atoms with Gasteiger partial charge in [-0.1, -0.05) is 79.0 Å². The van der Waals surface area contributed by atoms with Crippen molar-refractivity contribution in [2.75, 3.05) is 0 Å². The van der Waals surface area contributed by atoms with Crippen LogP contribution in [0.15, 0.2) is 42.5 Å². The molecule has 2 rings (SSSR count). The molecule has 0 aliphatic rings. The van der Waals surface area contributed by atoms with Gasteiger partial charge in [-0.2, -0.15) is 0 Å². The first kappa shape index (κ1) is 22.3. The number of amides is 1. The lowest BCUT2D eigenvalue weighted by Gasteiger charge is -2.19. The average molecular weight is 445 g/mol. The van der Waals surface area contributed by atoms with Gasteiger partial charge in [-0.25, -0.2) is 9.59 Å². The van der Waals surface area contributed by atoms with Crippen molar-refractivity contribution in [3.05, 3.63) is 63.1 Å². The highest BCUT2D eigenvalue weighted by Gasteiger charge is 2.25. The third-order valence-electron chi connectivity index (χ3n) is 3.68. The summed E-state index contributed by atoms with van der Waals surface area (Å²) in [6.45, 7) is 3.93. The van der Waals surface area contributed by atoms with Crippen LogP contribution >= 0.6 is 34.8 Å². The number of alkyl carbamates (subject to hydrolysis) is 1. The summed E-state index contributed by atoms with van der Waals surface area (Å²) in [7, 11) is 0. The van der Waals surface area contributed by atoms with Crippen LogP contribution in [-0.2, 0) is 16.1 Å². The predicted molar refractivity (Wildman–Crippen MR) is 110 cm³/mol. The zero-order valence-electron chi connectivity index (χ0n) is 15.4. The fraction of sp³-hybridized carbons (Fsp3) is 0.300. The monoisotopic (exact) mass is 443 g/mol. The number of rotatable bonds is 7. The summed E-state index contributed by atoms with van der Waals surface area (Å²) in [5, 5.41) is 3.12. The largest absolute Gasteiger partial charge is 0.445 e. The summed E-state index contributed by atoms with van der Waals surface area (Å²) in [5.74, 6) is -0.490. The molecule has 0 saturated carbocycles. The molecule has 2 aromatic rings. The van der Waals surface area contributed by atoms with Gasteiger partial charge in [0, 0.05) is 6.07 Å². The van der Waals surface area contributed by atoms with Crippen molar-refractivity contribution in [3.63, 3.8) is 0 Å². The minimum Gasteiger partial charge on any atom is -0.445 e. The zero-order valence-corrected chi connectivity index (χ0v) is 17.6. The molecule has 1 amide bonds. The molecule has 28 heavy (non-hydrogen) atoms. The van der Waals surface area contributed by atoms with Crippen LogP contribution in [-0.4, -0.2) is 18.1 Å². The van der Waals surface area contributed by atoms with Gasteiger partial charge < -0.3 is 14.8 Å². The molecule has 0 aromatic heterocycles. The summed E-state index contributed by atoms with van der Waals surface area (Å²) in [6, 6.07) is 11.0. The highest BCUT2D eigenvalue weighted by Crippen LogP contribution is 2.34. The van der Waals surface area contributed by atoms with Gasteiger partial charge in [0.1, 0.15) is 12.6 Å². The lowest BCUT2D eigenvalue weighted by atomic mass is 10.0. The normalized spacial score (nSPS) is 11.8. The van der Waals surface area contributed by atoms with Crippen LogP contribution in [0.5, 0.6) is 5.75 Å². The van der Waals surface area contributed by atoms with E-state index in [0.29, 0.717) is 6.42 Å². The van der Waals surface area contributed by atoms with Crippen molar-refractivity contribution < 1.29 is 19.1 Å². The molecule has 8 heteroatoms. The number of carbonyl (C=O) groups excluding carboxylic acids is 2. The number of nitrogens with one attached hydrogen (secondary N) is 1. The summed E-state index contributed by atoms with van der Waals surface area (Å²) < 4.78 is 10.5. The summed E-state index contributed by atoms with van der Waals surface area (Å²) >= 11 is 17.9. The predicted octanol–water partition coefficient (Wildman–Crippen LogP) is 5.89. The Kier molecular flexibility index (Phi) is 8.42. The number of esters is 1. The van der Waals surface area contributed by atoms with E-state index in [1.807, 2.05) is 44.2 Å². The van der Waals surface area contributed by atoms with Gasteiger partial charge in [-0.3, -0.25) is 0 Å². The third kappa shape index (κ3) is 6.89. The molecule has 0 spiro atoms. The maximum absolute atomic E-state index is 12.6. The molecular formula is C20H20Cl3NO4. The first-order valence-electron chi connectivity index (χ1n) is 8.59. The fourth-order valence-electron chi connectivity index (χ4n) is 2.35. The number of hydrogen-bond donors (Lipinski definition) is 1. The Morgan fingerprint density at radius 3 is 2.29 bits per heavy atom. The standard InChI is InChI=1S/C20H20Cl3NO4/c1-12(2)8-17(24-20(26)27-11-13-6-4-3-5-7-13)19(25)28-18-10-15(22)14(21)9-16(18)23/h3-7,9-10,12,17H,8,11H2,1-2H3,(H,24,26)/t17-/m0/s1. The SMILES string of the molecule is CC(C)C[C@H](NC(=O)OCc1ccccc1)C(=O)Oc1cc(Cl)c(Cl)cc1Cl. The van der Waals surface area contributed by atoms with Gasteiger partial charge in [0.05, 0.1) is 15.1 Å². The van der Waals surface area contributed by atoms with E-state index in [0.717, 1.165) is 5.56 Å². The van der Waals surface area contributed by atoms with Gasteiger partial charge in [0.2, 0.25) is 0 Å². The van der Waals surface area contributed by atoms with Gasteiger partial charge in [0.15, 0.2) is 5.75 Å². The number of hydrogen-bond acceptors (Lipinski definition) is 4. The van der Waals surface area contributed by atoms with E-state index in [1.165, 1.54) is 12.1 Å². The molecule has 0 aliphatic heterocycles. The lowest BCUT2D eigenvalue weighted by molar-refractivity contribution is -0.137. The minimum absolute atomic E-state index is 0.0641. The number of benzene rings is 2. The van der Waals surface area contributed by atoms with Crippen LogP contribution in [0.2, 0.25) is 15.1 Å². The van der Waals surface area contributed by atoms with Crippen LogP contribution in [0.1, 0.15) is 25.8 Å². The number of carbonyl (C=O) groups is 2. The van der Waals surface area contributed by atoms with Gasteiger partial charge in [-0.15, -0.1) is 0 Å². The Balaban J connectivity index is 2.02. The second-order valence-electron chi connectivity index (χ2n) is 6.51. The maximum Gasteiger partial charge on any atom is 0.408 e. The van der Waals surface area contributed by atoms with Crippen LogP contribution in [0.25, 0.3) is 0 Å². The van der Waals surface area contributed by atoms with Gasteiger partial charge >= 0.3 is 12.1 Å². The smallest absolute Gasteiger partial charge is 0.408 e. The quantitative estimate of drug-likeness (QED) is 0.328. The Labute approximate surface area is 178 Å². The van der Waals surface area contributed by atoms with E-state index in [-0.39, 0.29) is 33.3 Å². The molecule has 0 saturated heterocycles. The molecule has 0 bridgehead atoms. The molecule has 0 aliphatic carbocycles. The molecule has 0 heterocycles. The van der Waals surface area contributed by atoms with Gasteiger partial charge in [0.25, 0.3) is 0 Å². The van der Waals surface area contributed by atoms with Crippen molar-refractivity contribution in [2.24, 2.45) is 5.92 Å². The second kappa shape index (κ2) is 10.6. The van der Waals surface area contributed by atoms with E-state index < -0.39 is 18.1 Å². The van der Waals surface area contributed by atoms with E-state index >= 15 is 0 Å². The van der Waals surface area contributed by atoms with Gasteiger partial charge in [-0.05, 0) is 24.0 Å². The first-order valence-corrected chi connectivity index (χ1v) is 9.73.